The summed E-state index contributed by atoms with van der Waals surface area (Å²) in [6, 6.07) is 5.51. The van der Waals surface area contributed by atoms with Gasteiger partial charge in [0.05, 0.1) is 54.2 Å². The number of nitrogens with zero attached hydrogens (tertiary/aromatic N) is 6. The molecule has 37 heavy (non-hydrogen) atoms. The molecule has 0 aliphatic carbocycles. The van der Waals surface area contributed by atoms with Gasteiger partial charge in [-0.2, -0.15) is 5.26 Å². The second-order valence-electron chi connectivity index (χ2n) is 8.77. The van der Waals surface area contributed by atoms with Crippen molar-refractivity contribution >= 4 is 34.5 Å². The second-order valence-corrected chi connectivity index (χ2v) is 9.18. The molecule has 5 rings (SSSR count). The Morgan fingerprint density at radius 3 is 2.49 bits per heavy atom. The Morgan fingerprint density at radius 2 is 1.89 bits per heavy atom. The number of hydrogen-bond donors (Lipinski definition) is 1. The second kappa shape index (κ2) is 13.5. The molecule has 2 aliphatic rings. The summed E-state index contributed by atoms with van der Waals surface area (Å²) in [4.78, 5) is 14.8. The summed E-state index contributed by atoms with van der Waals surface area (Å²) in [5, 5.41) is 8.67. The number of fused-ring (bicyclic) bond motifs is 1. The molecule has 1 atom stereocenters. The first kappa shape index (κ1) is 28.6. The third-order valence-electron chi connectivity index (χ3n) is 5.92. The Balaban J connectivity index is 0.000000322. The molecule has 0 spiro atoms. The van der Waals surface area contributed by atoms with Crippen molar-refractivity contribution in [3.05, 3.63) is 29.2 Å². The maximum atomic E-state index is 15.0. The Hall–Kier alpha value is -3.00. The lowest BCUT2D eigenvalue weighted by molar-refractivity contribution is 0.0733. The van der Waals surface area contributed by atoms with Gasteiger partial charge in [0.1, 0.15) is 5.52 Å². The summed E-state index contributed by atoms with van der Waals surface area (Å²) in [6.07, 6.45) is 3.49. The minimum Gasteiger partial charge on any atom is -0.380 e. The summed E-state index contributed by atoms with van der Waals surface area (Å²) in [7, 11) is 0. The van der Waals surface area contributed by atoms with Crippen LogP contribution in [0.1, 0.15) is 46.6 Å². The number of anilines is 2. The highest BCUT2D eigenvalue weighted by atomic mass is 35.5. The first-order valence-electron chi connectivity index (χ1n) is 12.7. The molecule has 0 saturated carbocycles. The maximum absolute atomic E-state index is 15.0. The quantitative estimate of drug-likeness (QED) is 0.487. The molecule has 4 heterocycles. The van der Waals surface area contributed by atoms with E-state index in [0.29, 0.717) is 47.1 Å². The van der Waals surface area contributed by atoms with Gasteiger partial charge in [0, 0.05) is 31.3 Å². The van der Waals surface area contributed by atoms with Crippen LogP contribution >= 0.6 is 11.6 Å². The lowest BCUT2D eigenvalue weighted by Gasteiger charge is -2.29. The molecule has 0 radical (unpaired) electrons. The molecule has 2 fully saturated rings. The molecule has 2 aromatic heterocycles. The Morgan fingerprint density at radius 1 is 1.16 bits per heavy atom. The van der Waals surface area contributed by atoms with Crippen molar-refractivity contribution < 1.29 is 13.9 Å². The first-order chi connectivity index (χ1) is 17.9. The molecule has 0 amide bonds. The Labute approximate surface area is 222 Å². The number of nitrogens with two attached hydrogens (primary N) is 1. The number of halogens is 2. The topological polar surface area (TPSA) is 115 Å². The van der Waals surface area contributed by atoms with Crippen LogP contribution in [-0.4, -0.2) is 59.0 Å². The lowest BCUT2D eigenvalue weighted by Crippen LogP contribution is -2.38. The molecule has 9 nitrogen and oxygen atoms in total. The summed E-state index contributed by atoms with van der Waals surface area (Å²) < 4.78 is 27.5. The van der Waals surface area contributed by atoms with Gasteiger partial charge >= 0.3 is 0 Å². The SMILES string of the molecule is CC.CC(C)n1c(N2CCOCC2)nc2c(F)cc(-c3nc(N)ncc3Cl)cc21.N#CC1CCCOC1. The average molecular weight is 532 g/mol. The lowest BCUT2D eigenvalue weighted by atomic mass is 10.1. The first-order valence-corrected chi connectivity index (χ1v) is 13.1. The molecule has 2 aliphatic heterocycles. The smallest absolute Gasteiger partial charge is 0.220 e. The molecular weight excluding hydrogens is 497 g/mol. The summed E-state index contributed by atoms with van der Waals surface area (Å²) in [6.45, 7) is 12.3. The molecule has 200 valence electrons. The Bertz CT molecular complexity index is 1220. The van der Waals surface area contributed by atoms with Gasteiger partial charge in [0.2, 0.25) is 11.9 Å². The van der Waals surface area contributed by atoms with Crippen LogP contribution in [0, 0.1) is 23.1 Å². The minimum absolute atomic E-state index is 0.0845. The molecule has 2 N–H and O–H groups in total. The monoisotopic (exact) mass is 531 g/mol. The predicted octanol–water partition coefficient (Wildman–Crippen LogP) is 5.25. The fraction of sp³-hybridized carbons (Fsp3) is 0.538. The van der Waals surface area contributed by atoms with Crippen molar-refractivity contribution in [2.75, 3.05) is 50.2 Å². The molecular formula is C26H35ClFN7O2. The summed E-state index contributed by atoms with van der Waals surface area (Å²) in [5.74, 6) is 0.572. The van der Waals surface area contributed by atoms with Crippen LogP contribution in [0.2, 0.25) is 5.02 Å². The number of ether oxygens (including phenoxy) is 2. The molecule has 2 saturated heterocycles. The number of rotatable bonds is 3. The van der Waals surface area contributed by atoms with Gasteiger partial charge in [-0.25, -0.2) is 19.3 Å². The Kier molecular flexibility index (Phi) is 10.4. The number of imidazole rings is 1. The van der Waals surface area contributed by atoms with Crippen LogP contribution in [0.15, 0.2) is 18.3 Å². The standard InChI is InChI=1S/C18H20ClFN6O.C6H9NO.C2H6/c1-10(2)26-14-8-11(15-12(19)9-22-17(21)23-15)7-13(20)16(14)24-18(26)25-3-5-27-6-4-25;7-4-6-2-1-3-8-5-6;1-2/h7-10H,3-6H2,1-2H3,(H2,21,22,23);6H,1-3,5H2;1-2H3. The maximum Gasteiger partial charge on any atom is 0.220 e. The summed E-state index contributed by atoms with van der Waals surface area (Å²) in [5.41, 5.74) is 7.63. The van der Waals surface area contributed by atoms with E-state index in [1.54, 1.807) is 0 Å². The highest BCUT2D eigenvalue weighted by Crippen LogP contribution is 2.34. The van der Waals surface area contributed by atoms with Gasteiger partial charge in [-0.15, -0.1) is 0 Å². The van der Waals surface area contributed by atoms with Crippen LogP contribution in [0.25, 0.3) is 22.3 Å². The number of aromatic nitrogens is 4. The minimum atomic E-state index is -0.426. The molecule has 1 unspecified atom stereocenters. The number of benzene rings is 1. The van der Waals surface area contributed by atoms with E-state index in [2.05, 4.69) is 25.9 Å². The average Bonchev–Trinajstić information content (AvgIpc) is 3.33. The van der Waals surface area contributed by atoms with E-state index >= 15 is 0 Å². The zero-order chi connectivity index (χ0) is 26.9. The van der Waals surface area contributed by atoms with E-state index < -0.39 is 5.82 Å². The van der Waals surface area contributed by atoms with E-state index in [-0.39, 0.29) is 17.9 Å². The number of hydrogen-bond acceptors (Lipinski definition) is 8. The van der Waals surface area contributed by atoms with Crippen molar-refractivity contribution in [3.8, 4) is 17.3 Å². The van der Waals surface area contributed by atoms with Crippen LogP contribution in [0.4, 0.5) is 16.3 Å². The van der Waals surface area contributed by atoms with Crippen molar-refractivity contribution in [1.82, 2.24) is 19.5 Å². The van der Waals surface area contributed by atoms with Gasteiger partial charge < -0.3 is 24.7 Å². The van der Waals surface area contributed by atoms with E-state index in [4.69, 9.17) is 32.1 Å². The predicted molar refractivity (Wildman–Crippen MR) is 144 cm³/mol. The third kappa shape index (κ3) is 6.86. The number of nitriles is 1. The number of nitrogen functional groups attached to an aromatic ring is 1. The fourth-order valence-corrected chi connectivity index (χ4v) is 4.40. The summed E-state index contributed by atoms with van der Waals surface area (Å²) >= 11 is 6.22. The third-order valence-corrected chi connectivity index (χ3v) is 6.20. The van der Waals surface area contributed by atoms with E-state index in [9.17, 15) is 4.39 Å². The number of morpholine rings is 1. The van der Waals surface area contributed by atoms with Crippen LogP contribution in [-0.2, 0) is 9.47 Å². The normalized spacial score (nSPS) is 17.5. The van der Waals surface area contributed by atoms with E-state index in [1.165, 1.54) is 12.3 Å². The highest BCUT2D eigenvalue weighted by molar-refractivity contribution is 6.33. The largest absolute Gasteiger partial charge is 0.380 e. The van der Waals surface area contributed by atoms with Crippen molar-refractivity contribution in [3.63, 3.8) is 0 Å². The van der Waals surface area contributed by atoms with Gasteiger partial charge in [-0.3, -0.25) is 0 Å². The van der Waals surface area contributed by atoms with Crippen LogP contribution in [0.3, 0.4) is 0 Å². The highest BCUT2D eigenvalue weighted by Gasteiger charge is 2.24. The molecule has 11 heteroatoms. The zero-order valence-electron chi connectivity index (χ0n) is 21.9. The van der Waals surface area contributed by atoms with E-state index in [0.717, 1.165) is 38.5 Å². The van der Waals surface area contributed by atoms with Gasteiger partial charge in [0.15, 0.2) is 5.82 Å². The molecule has 1 aromatic carbocycles. The van der Waals surface area contributed by atoms with Crippen LogP contribution < -0.4 is 10.6 Å². The van der Waals surface area contributed by atoms with Gasteiger partial charge in [0.25, 0.3) is 0 Å². The van der Waals surface area contributed by atoms with Crippen LogP contribution in [0.5, 0.6) is 0 Å². The molecule has 0 bridgehead atoms. The fourth-order valence-electron chi connectivity index (χ4n) is 4.20. The molecule has 3 aromatic rings. The van der Waals surface area contributed by atoms with Gasteiger partial charge in [-0.05, 0) is 38.8 Å². The van der Waals surface area contributed by atoms with Crippen molar-refractivity contribution in [2.45, 2.75) is 46.6 Å². The van der Waals surface area contributed by atoms with Crippen molar-refractivity contribution in [1.29, 1.82) is 5.26 Å². The zero-order valence-corrected chi connectivity index (χ0v) is 22.6. The van der Waals surface area contributed by atoms with Gasteiger partial charge in [-0.1, -0.05) is 25.4 Å². The van der Waals surface area contributed by atoms with E-state index in [1.807, 2.05) is 38.3 Å². The van der Waals surface area contributed by atoms with Crippen molar-refractivity contribution in [2.24, 2.45) is 5.92 Å².